The molecule has 6 heteroatoms. The number of ether oxygens (including phenoxy) is 1. The van der Waals surface area contributed by atoms with Crippen LogP contribution >= 0.6 is 0 Å². The normalized spacial score (nSPS) is 26.3. The Balaban J connectivity index is 2.06. The molecule has 3 atom stereocenters. The molecule has 0 bridgehead atoms. The fourth-order valence-corrected chi connectivity index (χ4v) is 2.30. The van der Waals surface area contributed by atoms with Gasteiger partial charge in [0.15, 0.2) is 0 Å². The molecule has 1 aliphatic heterocycles. The minimum atomic E-state index is -1.07. The van der Waals surface area contributed by atoms with Crippen LogP contribution in [0.2, 0.25) is 0 Å². The molecule has 1 heterocycles. The minimum Gasteiger partial charge on any atom is -0.480 e. The molecule has 2 unspecified atom stereocenters. The van der Waals surface area contributed by atoms with Gasteiger partial charge in [-0.05, 0) is 12.5 Å². The molecule has 1 aromatic carbocycles. The summed E-state index contributed by atoms with van der Waals surface area (Å²) in [6, 6.07) is 7.76. The molecule has 1 fully saturated rings. The molecule has 0 aromatic heterocycles. The van der Waals surface area contributed by atoms with E-state index < -0.39 is 23.5 Å². The van der Waals surface area contributed by atoms with Gasteiger partial charge in [-0.1, -0.05) is 30.3 Å². The van der Waals surface area contributed by atoms with Crippen molar-refractivity contribution in [1.29, 1.82) is 0 Å². The first-order valence-electron chi connectivity index (χ1n) is 6.84. The number of carboxylic acid groups (broad SMARTS) is 1. The molecule has 1 amide bonds. The molecule has 1 aliphatic rings. The predicted octanol–water partition coefficient (Wildman–Crippen LogP) is 0.162. The molecule has 0 spiro atoms. The molecule has 1 saturated heterocycles. The Hall–Kier alpha value is -1.92. The first kappa shape index (κ1) is 15.5. The third kappa shape index (κ3) is 3.40. The van der Waals surface area contributed by atoms with E-state index in [0.29, 0.717) is 6.61 Å². The average Bonchev–Trinajstić information content (AvgIpc) is 2.80. The van der Waals surface area contributed by atoms with E-state index in [1.165, 1.54) is 0 Å². The maximum atomic E-state index is 12.3. The smallest absolute Gasteiger partial charge is 0.326 e. The van der Waals surface area contributed by atoms with Crippen LogP contribution in [-0.4, -0.2) is 42.3 Å². The van der Waals surface area contributed by atoms with E-state index >= 15 is 0 Å². The summed E-state index contributed by atoms with van der Waals surface area (Å²) in [6.45, 7) is 2.21. The van der Waals surface area contributed by atoms with Gasteiger partial charge in [-0.25, -0.2) is 4.79 Å². The molecule has 4 N–H and O–H groups in total. The van der Waals surface area contributed by atoms with Crippen LogP contribution in [0.15, 0.2) is 30.3 Å². The van der Waals surface area contributed by atoms with Gasteiger partial charge in [0, 0.05) is 12.5 Å². The van der Waals surface area contributed by atoms with E-state index in [9.17, 15) is 14.7 Å². The molecule has 2 rings (SSSR count). The van der Waals surface area contributed by atoms with Gasteiger partial charge in [-0.2, -0.15) is 0 Å². The number of carbonyl (C=O) groups is 2. The van der Waals surface area contributed by atoms with Gasteiger partial charge in [0.2, 0.25) is 5.91 Å². The predicted molar refractivity (Wildman–Crippen MR) is 76.6 cm³/mol. The van der Waals surface area contributed by atoms with Crippen LogP contribution < -0.4 is 11.1 Å². The fraction of sp³-hybridized carbons (Fsp3) is 0.467. The van der Waals surface area contributed by atoms with Crippen LogP contribution in [0, 0.1) is 5.41 Å². The lowest BCUT2D eigenvalue weighted by Gasteiger charge is -2.27. The lowest BCUT2D eigenvalue weighted by Crippen LogP contribution is -2.54. The highest BCUT2D eigenvalue weighted by Gasteiger charge is 2.45. The highest BCUT2D eigenvalue weighted by atomic mass is 16.5. The summed E-state index contributed by atoms with van der Waals surface area (Å²) in [6.07, 6.45) is 0.230. The van der Waals surface area contributed by atoms with Crippen molar-refractivity contribution in [3.8, 4) is 0 Å². The Morgan fingerprint density at radius 3 is 2.67 bits per heavy atom. The number of amides is 1. The van der Waals surface area contributed by atoms with Crippen molar-refractivity contribution in [2.45, 2.75) is 25.4 Å². The summed E-state index contributed by atoms with van der Waals surface area (Å²) in [5.74, 6) is -1.45. The van der Waals surface area contributed by atoms with E-state index in [1.54, 1.807) is 6.92 Å². The van der Waals surface area contributed by atoms with Crippen LogP contribution in [0.3, 0.4) is 0 Å². The molecular formula is C15H20N2O4. The van der Waals surface area contributed by atoms with Crippen molar-refractivity contribution in [3.05, 3.63) is 35.9 Å². The van der Waals surface area contributed by atoms with Gasteiger partial charge >= 0.3 is 5.97 Å². The zero-order valence-electron chi connectivity index (χ0n) is 11.9. The number of benzene rings is 1. The van der Waals surface area contributed by atoms with Crippen molar-refractivity contribution in [1.82, 2.24) is 5.32 Å². The van der Waals surface area contributed by atoms with Crippen LogP contribution in [0.5, 0.6) is 0 Å². The van der Waals surface area contributed by atoms with E-state index in [2.05, 4.69) is 5.32 Å². The Morgan fingerprint density at radius 1 is 1.48 bits per heavy atom. The van der Waals surface area contributed by atoms with Gasteiger partial charge in [-0.15, -0.1) is 0 Å². The number of hydrogen-bond donors (Lipinski definition) is 3. The lowest BCUT2D eigenvalue weighted by atomic mass is 9.84. The van der Waals surface area contributed by atoms with Crippen molar-refractivity contribution >= 4 is 11.9 Å². The Labute approximate surface area is 123 Å². The van der Waals surface area contributed by atoms with Gasteiger partial charge in [0.05, 0.1) is 18.6 Å². The quantitative estimate of drug-likeness (QED) is 0.717. The van der Waals surface area contributed by atoms with Crippen molar-refractivity contribution < 1.29 is 19.4 Å². The van der Waals surface area contributed by atoms with Gasteiger partial charge < -0.3 is 20.9 Å². The molecule has 114 valence electrons. The molecule has 0 saturated carbocycles. The number of carboxylic acids is 1. The first-order chi connectivity index (χ1) is 9.93. The molecule has 21 heavy (non-hydrogen) atoms. The zero-order chi connectivity index (χ0) is 15.5. The van der Waals surface area contributed by atoms with Crippen molar-refractivity contribution in [3.63, 3.8) is 0 Å². The summed E-state index contributed by atoms with van der Waals surface area (Å²) in [5.41, 5.74) is 5.85. The number of aliphatic carboxylic acids is 1. The maximum absolute atomic E-state index is 12.3. The summed E-state index contributed by atoms with van der Waals surface area (Å²) in [7, 11) is 0. The summed E-state index contributed by atoms with van der Waals surface area (Å²) in [5, 5.41) is 11.9. The van der Waals surface area contributed by atoms with Crippen LogP contribution in [0.25, 0.3) is 0 Å². The Kier molecular flexibility index (Phi) is 4.59. The average molecular weight is 292 g/mol. The standard InChI is InChI=1S/C15H20N2O4/c1-15(9-21-8-12(15)16)14(20)17-11(13(18)19)7-10-5-3-2-4-6-10/h2-6,11-12H,7-9,16H2,1H3,(H,17,20)(H,18,19)/t11-,12?,15?/m1/s1. The van der Waals surface area contributed by atoms with Gasteiger partial charge in [0.25, 0.3) is 0 Å². The number of carbonyl (C=O) groups excluding carboxylic acids is 1. The van der Waals surface area contributed by atoms with Crippen LogP contribution in [-0.2, 0) is 20.7 Å². The second-order valence-corrected chi connectivity index (χ2v) is 5.59. The molecule has 0 radical (unpaired) electrons. The summed E-state index contributed by atoms with van der Waals surface area (Å²) in [4.78, 5) is 23.7. The van der Waals surface area contributed by atoms with E-state index in [0.717, 1.165) is 5.56 Å². The minimum absolute atomic E-state index is 0.206. The molecular weight excluding hydrogens is 272 g/mol. The summed E-state index contributed by atoms with van der Waals surface area (Å²) >= 11 is 0. The third-order valence-electron chi connectivity index (χ3n) is 3.92. The van der Waals surface area contributed by atoms with Gasteiger partial charge in [-0.3, -0.25) is 4.79 Å². The Morgan fingerprint density at radius 2 is 2.14 bits per heavy atom. The second-order valence-electron chi connectivity index (χ2n) is 5.59. The fourth-order valence-electron chi connectivity index (χ4n) is 2.30. The van der Waals surface area contributed by atoms with E-state index in [1.807, 2.05) is 30.3 Å². The van der Waals surface area contributed by atoms with E-state index in [-0.39, 0.29) is 18.9 Å². The highest BCUT2D eigenvalue weighted by molar-refractivity contribution is 5.88. The van der Waals surface area contributed by atoms with Crippen molar-refractivity contribution in [2.75, 3.05) is 13.2 Å². The van der Waals surface area contributed by atoms with Gasteiger partial charge in [0.1, 0.15) is 6.04 Å². The number of rotatable bonds is 5. The largest absolute Gasteiger partial charge is 0.480 e. The number of hydrogen-bond acceptors (Lipinski definition) is 4. The summed E-state index contributed by atoms with van der Waals surface area (Å²) < 4.78 is 5.22. The van der Waals surface area contributed by atoms with E-state index in [4.69, 9.17) is 10.5 Å². The first-order valence-corrected chi connectivity index (χ1v) is 6.84. The second kappa shape index (κ2) is 6.24. The molecule has 6 nitrogen and oxygen atoms in total. The topological polar surface area (TPSA) is 102 Å². The van der Waals surface area contributed by atoms with Crippen LogP contribution in [0.4, 0.5) is 0 Å². The SMILES string of the molecule is CC1(C(=O)N[C@H](Cc2ccccc2)C(=O)O)COCC1N. The molecule has 1 aromatic rings. The van der Waals surface area contributed by atoms with Crippen molar-refractivity contribution in [2.24, 2.45) is 11.1 Å². The number of nitrogens with two attached hydrogens (primary N) is 1. The maximum Gasteiger partial charge on any atom is 0.326 e. The molecule has 0 aliphatic carbocycles. The Bertz CT molecular complexity index is 520. The lowest BCUT2D eigenvalue weighted by molar-refractivity contribution is -0.143. The number of nitrogens with one attached hydrogen (secondary N) is 1. The third-order valence-corrected chi connectivity index (χ3v) is 3.92. The zero-order valence-corrected chi connectivity index (χ0v) is 11.9. The highest BCUT2D eigenvalue weighted by Crippen LogP contribution is 2.27. The van der Waals surface area contributed by atoms with Crippen LogP contribution in [0.1, 0.15) is 12.5 Å². The monoisotopic (exact) mass is 292 g/mol.